The maximum Gasteiger partial charge on any atom is 0.256 e. The number of fused-ring (bicyclic) bond motifs is 1. The number of aromatic amines is 1. The molecule has 8 heteroatoms. The molecule has 1 aromatic heterocycles. The van der Waals surface area contributed by atoms with E-state index in [1.165, 1.54) is 6.07 Å². The van der Waals surface area contributed by atoms with Crippen molar-refractivity contribution >= 4 is 45.1 Å². The molecule has 6 nitrogen and oxygen atoms in total. The Hall–Kier alpha value is -3.23. The maximum atomic E-state index is 15.0. The van der Waals surface area contributed by atoms with Gasteiger partial charge >= 0.3 is 0 Å². The van der Waals surface area contributed by atoms with Crippen LogP contribution in [0.3, 0.4) is 0 Å². The second-order valence-electron chi connectivity index (χ2n) is 8.41. The van der Waals surface area contributed by atoms with E-state index in [1.54, 1.807) is 18.2 Å². The van der Waals surface area contributed by atoms with Gasteiger partial charge in [-0.25, -0.2) is 4.39 Å². The average molecular weight is 539 g/mol. The van der Waals surface area contributed by atoms with Crippen LogP contribution >= 0.6 is 15.9 Å². The van der Waals surface area contributed by atoms with E-state index in [0.29, 0.717) is 51.4 Å². The molecule has 0 aliphatic carbocycles. The molecule has 0 bridgehead atoms. The van der Waals surface area contributed by atoms with Gasteiger partial charge in [-0.1, -0.05) is 41.9 Å². The molecule has 0 saturated carbocycles. The number of halogens is 2. The fourth-order valence-electron chi connectivity index (χ4n) is 4.32. The zero-order chi connectivity index (χ0) is 25.1. The van der Waals surface area contributed by atoms with Crippen LogP contribution in [0.2, 0.25) is 0 Å². The van der Waals surface area contributed by atoms with E-state index in [0.717, 1.165) is 24.1 Å². The first-order valence-electron chi connectivity index (χ1n) is 11.6. The van der Waals surface area contributed by atoms with Crippen molar-refractivity contribution in [2.75, 3.05) is 31.5 Å². The summed E-state index contributed by atoms with van der Waals surface area (Å²) < 4.78 is 15.9. The Morgan fingerprint density at radius 2 is 1.83 bits per heavy atom. The molecule has 3 N–H and O–H groups in total. The van der Waals surface area contributed by atoms with Gasteiger partial charge < -0.3 is 20.5 Å². The van der Waals surface area contributed by atoms with Crippen LogP contribution in [0.1, 0.15) is 41.2 Å². The molecule has 182 valence electrons. The quantitative estimate of drug-likeness (QED) is 0.333. The summed E-state index contributed by atoms with van der Waals surface area (Å²) in [5.74, 6) is -0.903. The molecular formula is C27H28BrFN4O2. The number of hydrogen-bond donors (Lipinski definition) is 3. The molecule has 2 aromatic carbocycles. The largest absolute Gasteiger partial charge is 0.358 e. The topological polar surface area (TPSA) is 77.2 Å². The summed E-state index contributed by atoms with van der Waals surface area (Å²) in [6.07, 6.45) is 1.67. The lowest BCUT2D eigenvalue weighted by Crippen LogP contribution is -2.34. The Morgan fingerprint density at radius 3 is 2.51 bits per heavy atom. The van der Waals surface area contributed by atoms with Crippen molar-refractivity contribution in [3.8, 4) is 11.1 Å². The average Bonchev–Trinajstić information content (AvgIpc) is 3.36. The van der Waals surface area contributed by atoms with Crippen LogP contribution < -0.4 is 10.6 Å². The van der Waals surface area contributed by atoms with Crippen molar-refractivity contribution in [2.45, 2.75) is 20.8 Å². The minimum absolute atomic E-state index is 0.173. The van der Waals surface area contributed by atoms with Gasteiger partial charge in [-0.3, -0.25) is 9.59 Å². The summed E-state index contributed by atoms with van der Waals surface area (Å²) in [5.41, 5.74) is 4.24. The lowest BCUT2D eigenvalue weighted by atomic mass is 9.94. The number of carbonyl (C=O) groups excluding carboxylic acids is 2. The van der Waals surface area contributed by atoms with Gasteiger partial charge in [0.15, 0.2) is 0 Å². The van der Waals surface area contributed by atoms with Crippen molar-refractivity contribution in [2.24, 2.45) is 0 Å². The van der Waals surface area contributed by atoms with E-state index in [9.17, 15) is 9.59 Å². The third kappa shape index (κ3) is 5.23. The molecule has 0 spiro atoms. The highest BCUT2D eigenvalue weighted by Gasteiger charge is 2.29. The number of aryl methyl sites for hydroxylation is 1. The molecule has 0 saturated heterocycles. The molecule has 35 heavy (non-hydrogen) atoms. The van der Waals surface area contributed by atoms with Crippen LogP contribution in [0.4, 0.5) is 10.1 Å². The number of rotatable bonds is 8. The number of H-pyrrole nitrogens is 1. The Morgan fingerprint density at radius 1 is 1.11 bits per heavy atom. The minimum atomic E-state index is -0.413. The highest BCUT2D eigenvalue weighted by molar-refractivity contribution is 9.10. The molecule has 1 aliphatic heterocycles. The van der Waals surface area contributed by atoms with Crippen LogP contribution in [0.15, 0.2) is 46.9 Å². The first-order chi connectivity index (χ1) is 16.8. The summed E-state index contributed by atoms with van der Waals surface area (Å²) in [4.78, 5) is 31.0. The molecule has 0 unspecified atom stereocenters. The van der Waals surface area contributed by atoms with Crippen molar-refractivity contribution < 1.29 is 14.0 Å². The number of nitrogens with zero attached hydrogens (tertiary/aromatic N) is 1. The lowest BCUT2D eigenvalue weighted by Gasteiger charge is -2.17. The second-order valence-corrected chi connectivity index (χ2v) is 9.33. The highest BCUT2D eigenvalue weighted by atomic mass is 79.9. The molecule has 1 aliphatic rings. The van der Waals surface area contributed by atoms with Crippen molar-refractivity contribution in [1.29, 1.82) is 0 Å². The van der Waals surface area contributed by atoms with Gasteiger partial charge in [0.2, 0.25) is 0 Å². The SMILES string of the molecule is CCN(CC)CCNC(=O)c1cc(C=C2C(=O)Nc3ccc(F)c(-c4ccc(Br)cc4)c32)[nH]c1C. The second kappa shape index (κ2) is 10.6. The molecule has 2 heterocycles. The monoisotopic (exact) mass is 538 g/mol. The van der Waals surface area contributed by atoms with Gasteiger partial charge in [-0.05, 0) is 62.0 Å². The maximum absolute atomic E-state index is 15.0. The summed E-state index contributed by atoms with van der Waals surface area (Å²) >= 11 is 3.40. The van der Waals surface area contributed by atoms with Crippen LogP contribution in [0.5, 0.6) is 0 Å². The number of likely N-dealkylation sites (N-methyl/N-ethyl adjacent to an activating group) is 1. The van der Waals surface area contributed by atoms with Gasteiger partial charge in [0.25, 0.3) is 11.8 Å². The first-order valence-corrected chi connectivity index (χ1v) is 12.4. The molecule has 3 aromatic rings. The lowest BCUT2D eigenvalue weighted by molar-refractivity contribution is -0.110. The molecule has 0 radical (unpaired) electrons. The third-order valence-electron chi connectivity index (χ3n) is 6.24. The molecule has 2 amide bonds. The molecule has 0 fully saturated rings. The minimum Gasteiger partial charge on any atom is -0.358 e. The summed E-state index contributed by atoms with van der Waals surface area (Å²) in [7, 11) is 0. The van der Waals surface area contributed by atoms with Crippen LogP contribution in [-0.4, -0.2) is 47.9 Å². The number of benzene rings is 2. The van der Waals surface area contributed by atoms with Crippen LogP contribution in [0.25, 0.3) is 22.8 Å². The predicted octanol–water partition coefficient (Wildman–Crippen LogP) is 5.46. The Labute approximate surface area is 212 Å². The smallest absolute Gasteiger partial charge is 0.256 e. The van der Waals surface area contributed by atoms with Gasteiger partial charge in [0, 0.05) is 45.8 Å². The molecule has 0 atom stereocenters. The van der Waals surface area contributed by atoms with E-state index in [-0.39, 0.29) is 11.8 Å². The third-order valence-corrected chi connectivity index (χ3v) is 6.77. The van der Waals surface area contributed by atoms with E-state index < -0.39 is 5.82 Å². The summed E-state index contributed by atoms with van der Waals surface area (Å²) in [5, 5.41) is 5.79. The summed E-state index contributed by atoms with van der Waals surface area (Å²) in [6.45, 7) is 9.18. The number of amides is 2. The molecule has 4 rings (SSSR count). The van der Waals surface area contributed by atoms with Gasteiger partial charge in [0.05, 0.1) is 11.1 Å². The number of aromatic nitrogens is 1. The highest BCUT2D eigenvalue weighted by Crippen LogP contribution is 2.42. The van der Waals surface area contributed by atoms with Gasteiger partial charge in [-0.15, -0.1) is 0 Å². The zero-order valence-electron chi connectivity index (χ0n) is 20.0. The van der Waals surface area contributed by atoms with Crippen molar-refractivity contribution in [1.82, 2.24) is 15.2 Å². The standard InChI is InChI=1S/C27H28BrFN4O2/c1-4-33(5-2)13-12-30-26(34)20-14-19(31-16(20)3)15-21-25-23(32-27(21)35)11-10-22(29)24(25)17-6-8-18(28)9-7-17/h6-11,14-15,31H,4-5,12-13H2,1-3H3,(H,30,34)(H,32,35). The fraction of sp³-hybridized carbons (Fsp3) is 0.259. The predicted molar refractivity (Wildman–Crippen MR) is 142 cm³/mol. The van der Waals surface area contributed by atoms with Crippen molar-refractivity contribution in [3.05, 3.63) is 75.3 Å². The van der Waals surface area contributed by atoms with Crippen molar-refractivity contribution in [3.63, 3.8) is 0 Å². The fourth-order valence-corrected chi connectivity index (χ4v) is 4.58. The number of anilines is 1. The normalized spacial score (nSPS) is 13.9. The van der Waals surface area contributed by atoms with E-state index in [4.69, 9.17) is 0 Å². The first kappa shape index (κ1) is 24.9. The van der Waals surface area contributed by atoms with E-state index >= 15 is 4.39 Å². The van der Waals surface area contributed by atoms with Gasteiger partial charge in [-0.2, -0.15) is 0 Å². The van der Waals surface area contributed by atoms with Crippen LogP contribution in [0, 0.1) is 12.7 Å². The Bertz CT molecular complexity index is 1290. The Balaban J connectivity index is 1.65. The van der Waals surface area contributed by atoms with E-state index in [1.807, 2.05) is 31.2 Å². The zero-order valence-corrected chi connectivity index (χ0v) is 21.6. The van der Waals surface area contributed by atoms with E-state index in [2.05, 4.69) is 50.3 Å². The van der Waals surface area contributed by atoms with Crippen LogP contribution in [-0.2, 0) is 4.79 Å². The summed E-state index contributed by atoms with van der Waals surface area (Å²) in [6, 6.07) is 11.9. The number of hydrogen-bond acceptors (Lipinski definition) is 3. The molecular weight excluding hydrogens is 511 g/mol. The number of carbonyl (C=O) groups is 2. The number of nitrogens with one attached hydrogen (secondary N) is 3. The Kier molecular flexibility index (Phi) is 7.52. The van der Waals surface area contributed by atoms with Gasteiger partial charge in [0.1, 0.15) is 5.82 Å².